The molecule has 1 amide bonds. The van der Waals surface area contributed by atoms with Crippen LogP contribution in [0.1, 0.15) is 21.9 Å². The highest BCUT2D eigenvalue weighted by Crippen LogP contribution is 2.24. The van der Waals surface area contributed by atoms with Crippen molar-refractivity contribution in [1.29, 1.82) is 0 Å². The number of furan rings is 1. The molecule has 0 atom stereocenters. The molecule has 116 valence electrons. The molecule has 3 aromatic rings. The summed E-state index contributed by atoms with van der Waals surface area (Å²) >= 11 is 3.42. The standard InChI is InChI=1S/C16H13BrN4O2/c1-10-7-14(20-19-10)16(22)21-18-9-13-5-6-15(23-13)11-3-2-4-12(17)8-11/h2-9H,1H3,(H,19,20)(H,21,22). The van der Waals surface area contributed by atoms with Gasteiger partial charge in [-0.25, -0.2) is 5.43 Å². The smallest absolute Gasteiger partial charge is 0.291 e. The van der Waals surface area contributed by atoms with Crippen molar-refractivity contribution >= 4 is 28.1 Å². The van der Waals surface area contributed by atoms with Crippen molar-refractivity contribution in [3.8, 4) is 11.3 Å². The fourth-order valence-electron chi connectivity index (χ4n) is 1.97. The molecular weight excluding hydrogens is 360 g/mol. The largest absolute Gasteiger partial charge is 0.455 e. The molecule has 6 nitrogen and oxygen atoms in total. The van der Waals surface area contributed by atoms with Crippen molar-refractivity contribution < 1.29 is 9.21 Å². The fourth-order valence-corrected chi connectivity index (χ4v) is 2.36. The van der Waals surface area contributed by atoms with E-state index in [4.69, 9.17) is 4.42 Å². The Kier molecular flexibility index (Phi) is 4.38. The summed E-state index contributed by atoms with van der Waals surface area (Å²) in [5, 5.41) is 10.4. The zero-order valence-corrected chi connectivity index (χ0v) is 13.8. The number of amides is 1. The van der Waals surface area contributed by atoms with Crippen molar-refractivity contribution in [1.82, 2.24) is 15.6 Å². The number of H-pyrrole nitrogens is 1. The quantitative estimate of drug-likeness (QED) is 0.542. The number of aromatic nitrogens is 2. The molecule has 0 spiro atoms. The summed E-state index contributed by atoms with van der Waals surface area (Å²) in [6.07, 6.45) is 1.44. The monoisotopic (exact) mass is 372 g/mol. The van der Waals surface area contributed by atoms with Gasteiger partial charge in [0.1, 0.15) is 11.5 Å². The maximum Gasteiger partial charge on any atom is 0.291 e. The molecular formula is C16H13BrN4O2. The number of aromatic amines is 1. The second-order valence-corrected chi connectivity index (χ2v) is 5.76. The molecule has 2 heterocycles. The first-order valence-electron chi connectivity index (χ1n) is 6.83. The van der Waals surface area contributed by atoms with E-state index in [1.54, 1.807) is 12.1 Å². The molecule has 2 N–H and O–H groups in total. The van der Waals surface area contributed by atoms with E-state index in [1.165, 1.54) is 6.21 Å². The maximum absolute atomic E-state index is 11.8. The van der Waals surface area contributed by atoms with Crippen LogP contribution in [0.5, 0.6) is 0 Å². The summed E-state index contributed by atoms with van der Waals surface area (Å²) in [6.45, 7) is 1.82. The highest BCUT2D eigenvalue weighted by atomic mass is 79.9. The van der Waals surface area contributed by atoms with Crippen LogP contribution in [0.25, 0.3) is 11.3 Å². The molecule has 23 heavy (non-hydrogen) atoms. The minimum absolute atomic E-state index is 0.286. The molecule has 0 bridgehead atoms. The lowest BCUT2D eigenvalue weighted by Gasteiger charge is -1.97. The van der Waals surface area contributed by atoms with Crippen molar-refractivity contribution in [2.24, 2.45) is 5.10 Å². The van der Waals surface area contributed by atoms with E-state index >= 15 is 0 Å². The second kappa shape index (κ2) is 6.62. The van der Waals surface area contributed by atoms with Gasteiger partial charge in [-0.05, 0) is 37.3 Å². The van der Waals surface area contributed by atoms with E-state index in [0.717, 1.165) is 21.5 Å². The van der Waals surface area contributed by atoms with Crippen LogP contribution in [-0.2, 0) is 0 Å². The van der Waals surface area contributed by atoms with Crippen LogP contribution in [0.4, 0.5) is 0 Å². The normalized spacial score (nSPS) is 11.0. The molecule has 0 saturated heterocycles. The van der Waals surface area contributed by atoms with Gasteiger partial charge in [-0.3, -0.25) is 9.89 Å². The average molecular weight is 373 g/mol. The minimum Gasteiger partial charge on any atom is -0.455 e. The summed E-state index contributed by atoms with van der Waals surface area (Å²) in [5.74, 6) is 0.879. The summed E-state index contributed by atoms with van der Waals surface area (Å²) in [7, 11) is 0. The number of hydrazone groups is 1. The van der Waals surface area contributed by atoms with Gasteiger partial charge in [0.15, 0.2) is 5.69 Å². The van der Waals surface area contributed by atoms with Crippen LogP contribution >= 0.6 is 15.9 Å². The first-order valence-corrected chi connectivity index (χ1v) is 7.62. The SMILES string of the molecule is Cc1cc(C(=O)NN=Cc2ccc(-c3cccc(Br)c3)o2)n[nH]1. The van der Waals surface area contributed by atoms with Crippen LogP contribution in [0.2, 0.25) is 0 Å². The molecule has 0 aliphatic carbocycles. The lowest BCUT2D eigenvalue weighted by atomic mass is 10.2. The number of carbonyl (C=O) groups is 1. The Morgan fingerprint density at radius 2 is 2.22 bits per heavy atom. The van der Waals surface area contributed by atoms with E-state index in [2.05, 4.69) is 36.7 Å². The average Bonchev–Trinajstić information content (AvgIpc) is 3.16. The fraction of sp³-hybridized carbons (Fsp3) is 0.0625. The van der Waals surface area contributed by atoms with Gasteiger partial charge < -0.3 is 4.42 Å². The van der Waals surface area contributed by atoms with Crippen molar-refractivity contribution in [2.75, 3.05) is 0 Å². The Labute approximate surface area is 140 Å². The van der Waals surface area contributed by atoms with E-state index < -0.39 is 0 Å². The van der Waals surface area contributed by atoms with Gasteiger partial charge >= 0.3 is 0 Å². The number of halogens is 1. The summed E-state index contributed by atoms with van der Waals surface area (Å²) in [6, 6.07) is 13.1. The van der Waals surface area contributed by atoms with Crippen LogP contribution in [0.15, 0.2) is 56.5 Å². The molecule has 0 fully saturated rings. The molecule has 0 aliphatic rings. The highest BCUT2D eigenvalue weighted by molar-refractivity contribution is 9.10. The Hall–Kier alpha value is -2.67. The first-order chi connectivity index (χ1) is 11.1. The predicted octanol–water partition coefficient (Wildman–Crippen LogP) is 3.50. The summed E-state index contributed by atoms with van der Waals surface area (Å²) in [5.41, 5.74) is 4.45. The van der Waals surface area contributed by atoms with Crippen LogP contribution in [-0.4, -0.2) is 22.3 Å². The third-order valence-corrected chi connectivity index (χ3v) is 3.53. The number of benzene rings is 1. The van der Waals surface area contributed by atoms with Crippen molar-refractivity contribution in [3.05, 3.63) is 64.1 Å². The van der Waals surface area contributed by atoms with Gasteiger partial charge in [-0.15, -0.1) is 0 Å². The molecule has 0 unspecified atom stereocenters. The number of nitrogens with zero attached hydrogens (tertiary/aromatic N) is 2. The number of nitrogens with one attached hydrogen (secondary N) is 2. The zero-order valence-electron chi connectivity index (χ0n) is 12.2. The zero-order chi connectivity index (χ0) is 16.2. The number of carbonyl (C=O) groups excluding carboxylic acids is 1. The molecule has 3 rings (SSSR count). The number of aryl methyl sites for hydroxylation is 1. The maximum atomic E-state index is 11.8. The van der Waals surface area contributed by atoms with Crippen molar-refractivity contribution in [3.63, 3.8) is 0 Å². The Balaban J connectivity index is 1.66. The van der Waals surface area contributed by atoms with Crippen LogP contribution in [0.3, 0.4) is 0 Å². The van der Waals surface area contributed by atoms with Crippen LogP contribution in [0, 0.1) is 6.92 Å². The molecule has 0 aliphatic heterocycles. The Bertz CT molecular complexity index is 866. The van der Waals surface area contributed by atoms with Gasteiger partial charge in [0.2, 0.25) is 0 Å². The van der Waals surface area contributed by atoms with Gasteiger partial charge in [-0.1, -0.05) is 28.1 Å². The molecule has 2 aromatic heterocycles. The highest BCUT2D eigenvalue weighted by Gasteiger charge is 2.08. The lowest BCUT2D eigenvalue weighted by molar-refractivity contribution is 0.0950. The van der Waals surface area contributed by atoms with Gasteiger partial charge in [-0.2, -0.15) is 10.2 Å². The summed E-state index contributed by atoms with van der Waals surface area (Å²) in [4.78, 5) is 11.8. The Morgan fingerprint density at radius 1 is 1.35 bits per heavy atom. The summed E-state index contributed by atoms with van der Waals surface area (Å²) < 4.78 is 6.65. The predicted molar refractivity (Wildman–Crippen MR) is 90.2 cm³/mol. The van der Waals surface area contributed by atoms with E-state index in [1.807, 2.05) is 37.3 Å². The van der Waals surface area contributed by atoms with Crippen LogP contribution < -0.4 is 5.43 Å². The van der Waals surface area contributed by atoms with E-state index in [0.29, 0.717) is 5.76 Å². The lowest BCUT2D eigenvalue weighted by Crippen LogP contribution is -2.17. The number of hydrogen-bond donors (Lipinski definition) is 2. The second-order valence-electron chi connectivity index (χ2n) is 4.85. The van der Waals surface area contributed by atoms with Crippen molar-refractivity contribution in [2.45, 2.75) is 6.92 Å². The third kappa shape index (κ3) is 3.75. The van der Waals surface area contributed by atoms with E-state index in [9.17, 15) is 4.79 Å². The molecule has 0 radical (unpaired) electrons. The van der Waals surface area contributed by atoms with Gasteiger partial charge in [0.05, 0.1) is 6.21 Å². The number of hydrogen-bond acceptors (Lipinski definition) is 4. The van der Waals surface area contributed by atoms with Gasteiger partial charge in [0.25, 0.3) is 5.91 Å². The third-order valence-electron chi connectivity index (χ3n) is 3.03. The number of rotatable bonds is 4. The molecule has 0 saturated carbocycles. The topological polar surface area (TPSA) is 83.3 Å². The minimum atomic E-state index is -0.385. The first kappa shape index (κ1) is 15.2. The Morgan fingerprint density at radius 3 is 2.96 bits per heavy atom. The molecule has 1 aromatic carbocycles. The van der Waals surface area contributed by atoms with E-state index in [-0.39, 0.29) is 11.6 Å². The molecule has 7 heteroatoms. The van der Waals surface area contributed by atoms with Gasteiger partial charge in [0, 0.05) is 15.7 Å².